The standard InChI is InChI=1S/C17H18F3N3OS/c1-10-8-11(6-7-21-10)15(24)23-16-22-14(9-25-16)12-4-2-3-5-13(12)17(18,19)20/h2-5,9-11,21H,6-8H2,1H3,(H,22,23,24)/t10-,11-/m0/s1. The van der Waals surface area contributed by atoms with Crippen molar-refractivity contribution in [3.63, 3.8) is 0 Å². The van der Waals surface area contributed by atoms with E-state index in [1.807, 2.05) is 6.92 Å². The molecule has 4 nitrogen and oxygen atoms in total. The maximum atomic E-state index is 13.1. The van der Waals surface area contributed by atoms with Gasteiger partial charge < -0.3 is 10.6 Å². The molecule has 1 saturated heterocycles. The number of carbonyl (C=O) groups is 1. The Morgan fingerprint density at radius 3 is 2.84 bits per heavy atom. The number of piperidine rings is 1. The van der Waals surface area contributed by atoms with Crippen molar-refractivity contribution in [2.45, 2.75) is 32.0 Å². The number of carbonyl (C=O) groups excluding carboxylic acids is 1. The van der Waals surface area contributed by atoms with Gasteiger partial charge in [-0.15, -0.1) is 11.3 Å². The lowest BCUT2D eigenvalue weighted by Crippen LogP contribution is -2.40. The summed E-state index contributed by atoms with van der Waals surface area (Å²) in [5.74, 6) is -0.232. The number of nitrogens with zero attached hydrogens (tertiary/aromatic N) is 1. The summed E-state index contributed by atoms with van der Waals surface area (Å²) in [4.78, 5) is 16.5. The van der Waals surface area contributed by atoms with Crippen LogP contribution < -0.4 is 10.6 Å². The molecule has 1 amide bonds. The summed E-state index contributed by atoms with van der Waals surface area (Å²) in [6, 6.07) is 5.58. The lowest BCUT2D eigenvalue weighted by atomic mass is 9.92. The molecule has 2 heterocycles. The first-order valence-corrected chi connectivity index (χ1v) is 8.89. The monoisotopic (exact) mass is 369 g/mol. The molecule has 3 rings (SSSR count). The number of thiazole rings is 1. The molecule has 1 aromatic heterocycles. The first-order valence-electron chi connectivity index (χ1n) is 8.01. The fourth-order valence-corrected chi connectivity index (χ4v) is 3.70. The molecule has 0 aliphatic carbocycles. The second-order valence-electron chi connectivity index (χ2n) is 6.15. The van der Waals surface area contributed by atoms with Crippen molar-refractivity contribution in [1.29, 1.82) is 0 Å². The lowest BCUT2D eigenvalue weighted by Gasteiger charge is -2.26. The largest absolute Gasteiger partial charge is 0.417 e. The van der Waals surface area contributed by atoms with Gasteiger partial charge in [-0.05, 0) is 32.4 Å². The van der Waals surface area contributed by atoms with Gasteiger partial charge in [0, 0.05) is 22.9 Å². The molecule has 8 heteroatoms. The maximum absolute atomic E-state index is 13.1. The van der Waals surface area contributed by atoms with Gasteiger partial charge >= 0.3 is 6.18 Å². The van der Waals surface area contributed by atoms with E-state index in [2.05, 4.69) is 15.6 Å². The zero-order chi connectivity index (χ0) is 18.0. The Bertz CT molecular complexity index is 760. The smallest absolute Gasteiger partial charge is 0.314 e. The third-order valence-electron chi connectivity index (χ3n) is 4.24. The van der Waals surface area contributed by atoms with E-state index < -0.39 is 11.7 Å². The number of rotatable bonds is 3. The zero-order valence-electron chi connectivity index (χ0n) is 13.6. The molecule has 0 radical (unpaired) electrons. The van der Waals surface area contributed by atoms with Crippen LogP contribution >= 0.6 is 11.3 Å². The van der Waals surface area contributed by atoms with Crippen LogP contribution in [0.1, 0.15) is 25.3 Å². The van der Waals surface area contributed by atoms with E-state index in [1.54, 1.807) is 6.07 Å². The third-order valence-corrected chi connectivity index (χ3v) is 4.99. The van der Waals surface area contributed by atoms with Crippen LogP contribution in [0.15, 0.2) is 29.6 Å². The molecular formula is C17H18F3N3OS. The second kappa shape index (κ2) is 7.13. The number of aromatic nitrogens is 1. The van der Waals surface area contributed by atoms with E-state index in [9.17, 15) is 18.0 Å². The van der Waals surface area contributed by atoms with Gasteiger partial charge in [-0.2, -0.15) is 13.2 Å². The lowest BCUT2D eigenvalue weighted by molar-refractivity contribution is -0.137. The Labute approximate surface area is 147 Å². The summed E-state index contributed by atoms with van der Waals surface area (Å²) in [5, 5.41) is 7.87. The molecular weight excluding hydrogens is 351 g/mol. The third kappa shape index (κ3) is 4.19. The first kappa shape index (κ1) is 17.9. The molecule has 2 N–H and O–H groups in total. The molecule has 1 aliphatic rings. The number of anilines is 1. The molecule has 2 atom stereocenters. The number of hydrogen-bond donors (Lipinski definition) is 2. The summed E-state index contributed by atoms with van der Waals surface area (Å²) in [7, 11) is 0. The fraction of sp³-hybridized carbons (Fsp3) is 0.412. The average Bonchev–Trinajstić information content (AvgIpc) is 3.02. The molecule has 1 aromatic carbocycles. The number of benzene rings is 1. The highest BCUT2D eigenvalue weighted by molar-refractivity contribution is 7.14. The molecule has 0 unspecified atom stereocenters. The summed E-state index contributed by atoms with van der Waals surface area (Å²) in [6.07, 6.45) is -2.97. The Morgan fingerprint density at radius 1 is 1.36 bits per heavy atom. The summed E-state index contributed by atoms with van der Waals surface area (Å²) in [5.41, 5.74) is -0.500. The van der Waals surface area contributed by atoms with Crippen molar-refractivity contribution < 1.29 is 18.0 Å². The van der Waals surface area contributed by atoms with Crippen molar-refractivity contribution in [3.8, 4) is 11.3 Å². The highest BCUT2D eigenvalue weighted by Crippen LogP contribution is 2.37. The number of nitrogens with one attached hydrogen (secondary N) is 2. The van der Waals surface area contributed by atoms with E-state index in [0.717, 1.165) is 36.8 Å². The van der Waals surface area contributed by atoms with E-state index >= 15 is 0 Å². The first-order chi connectivity index (χ1) is 11.8. The van der Waals surface area contributed by atoms with Crippen LogP contribution in [0, 0.1) is 5.92 Å². The molecule has 1 aliphatic heterocycles. The topological polar surface area (TPSA) is 54.0 Å². The zero-order valence-corrected chi connectivity index (χ0v) is 14.4. The van der Waals surface area contributed by atoms with Crippen LogP contribution in [0.3, 0.4) is 0 Å². The summed E-state index contributed by atoms with van der Waals surface area (Å²) < 4.78 is 39.4. The Balaban J connectivity index is 1.76. The summed E-state index contributed by atoms with van der Waals surface area (Å²) in [6.45, 7) is 2.80. The van der Waals surface area contributed by atoms with Crippen molar-refractivity contribution >= 4 is 22.4 Å². The van der Waals surface area contributed by atoms with E-state index in [1.165, 1.54) is 17.5 Å². The van der Waals surface area contributed by atoms with Crippen molar-refractivity contribution in [1.82, 2.24) is 10.3 Å². The van der Waals surface area contributed by atoms with Crippen molar-refractivity contribution in [2.75, 3.05) is 11.9 Å². The highest BCUT2D eigenvalue weighted by atomic mass is 32.1. The van der Waals surface area contributed by atoms with Gasteiger partial charge in [-0.25, -0.2) is 4.98 Å². The van der Waals surface area contributed by atoms with Gasteiger partial charge in [0.05, 0.1) is 11.3 Å². The van der Waals surface area contributed by atoms with Crippen LogP contribution in [0.5, 0.6) is 0 Å². The quantitative estimate of drug-likeness (QED) is 0.854. The number of alkyl halides is 3. The normalized spacial score (nSPS) is 21.1. The molecule has 2 aromatic rings. The Hall–Kier alpha value is -1.93. The predicted molar refractivity (Wildman–Crippen MR) is 91.4 cm³/mol. The van der Waals surface area contributed by atoms with Gasteiger partial charge in [-0.3, -0.25) is 4.79 Å². The maximum Gasteiger partial charge on any atom is 0.417 e. The highest BCUT2D eigenvalue weighted by Gasteiger charge is 2.34. The Kier molecular flexibility index (Phi) is 5.10. The van der Waals surface area contributed by atoms with Gasteiger partial charge in [0.1, 0.15) is 0 Å². The molecule has 0 bridgehead atoms. The van der Waals surface area contributed by atoms with Crippen LogP contribution in [-0.2, 0) is 11.0 Å². The van der Waals surface area contributed by atoms with E-state index in [0.29, 0.717) is 5.13 Å². The molecule has 0 spiro atoms. The number of amides is 1. The van der Waals surface area contributed by atoms with Crippen LogP contribution in [0.2, 0.25) is 0 Å². The Morgan fingerprint density at radius 2 is 2.12 bits per heavy atom. The minimum Gasteiger partial charge on any atom is -0.314 e. The van der Waals surface area contributed by atoms with Gasteiger partial charge in [0.25, 0.3) is 0 Å². The SMILES string of the molecule is C[C@H]1C[C@@H](C(=O)Nc2nc(-c3ccccc3C(F)(F)F)cs2)CCN1. The van der Waals surface area contributed by atoms with Crippen molar-refractivity contribution in [2.24, 2.45) is 5.92 Å². The van der Waals surface area contributed by atoms with Crippen molar-refractivity contribution in [3.05, 3.63) is 35.2 Å². The average molecular weight is 369 g/mol. The molecule has 134 valence electrons. The van der Waals surface area contributed by atoms with E-state index in [4.69, 9.17) is 0 Å². The van der Waals surface area contributed by atoms with Crippen LogP contribution in [0.4, 0.5) is 18.3 Å². The number of hydrogen-bond acceptors (Lipinski definition) is 4. The summed E-state index contributed by atoms with van der Waals surface area (Å²) >= 11 is 1.13. The van der Waals surface area contributed by atoms with Gasteiger partial charge in [0.15, 0.2) is 5.13 Å². The second-order valence-corrected chi connectivity index (χ2v) is 7.01. The van der Waals surface area contributed by atoms with Crippen LogP contribution in [0.25, 0.3) is 11.3 Å². The van der Waals surface area contributed by atoms with Gasteiger partial charge in [-0.1, -0.05) is 18.2 Å². The minimum atomic E-state index is -4.45. The van der Waals surface area contributed by atoms with Gasteiger partial charge in [0.2, 0.25) is 5.91 Å². The van der Waals surface area contributed by atoms with Crippen LogP contribution in [-0.4, -0.2) is 23.5 Å². The predicted octanol–water partition coefficient (Wildman–Crippen LogP) is 4.16. The molecule has 25 heavy (non-hydrogen) atoms. The molecule has 0 saturated carbocycles. The fourth-order valence-electron chi connectivity index (χ4n) is 2.99. The van der Waals surface area contributed by atoms with E-state index in [-0.39, 0.29) is 29.1 Å². The molecule has 1 fully saturated rings. The number of halogens is 3. The minimum absolute atomic E-state index is 0.0160.